The van der Waals surface area contributed by atoms with Crippen LogP contribution in [0.2, 0.25) is 5.02 Å². The van der Waals surface area contributed by atoms with E-state index < -0.39 is 4.92 Å². The van der Waals surface area contributed by atoms with Crippen LogP contribution in [0.15, 0.2) is 18.2 Å². The Bertz CT molecular complexity index is 407. The largest absolute Gasteiger partial charge is 0.274 e. The molecular weight excluding hydrogens is 261 g/mol. The van der Waals surface area contributed by atoms with Crippen LogP contribution in [-0.4, -0.2) is 10.3 Å². The molecule has 1 rings (SSSR count). The fourth-order valence-corrected chi connectivity index (χ4v) is 1.95. The van der Waals surface area contributed by atoms with E-state index in [-0.39, 0.29) is 11.1 Å². The van der Waals surface area contributed by atoms with Crippen molar-refractivity contribution < 1.29 is 4.92 Å². The highest BCUT2D eigenvalue weighted by Gasteiger charge is 2.18. The average molecular weight is 276 g/mol. The van der Waals surface area contributed by atoms with Crippen molar-refractivity contribution >= 4 is 28.9 Å². The Morgan fingerprint density at radius 2 is 2.06 bits per heavy atom. The first-order chi connectivity index (χ1) is 7.93. The van der Waals surface area contributed by atoms with E-state index in [1.165, 1.54) is 6.07 Å². The Morgan fingerprint density at radius 3 is 2.59 bits per heavy atom. The van der Waals surface area contributed by atoms with Gasteiger partial charge in [-0.05, 0) is 24.8 Å². The zero-order valence-corrected chi connectivity index (χ0v) is 11.3. The maximum atomic E-state index is 10.9. The van der Waals surface area contributed by atoms with E-state index in [2.05, 4.69) is 0 Å². The van der Waals surface area contributed by atoms with Crippen molar-refractivity contribution in [2.75, 3.05) is 0 Å². The summed E-state index contributed by atoms with van der Waals surface area (Å²) >= 11 is 12.1. The lowest BCUT2D eigenvalue weighted by molar-refractivity contribution is -0.385. The molecule has 1 aromatic carbocycles. The molecule has 1 atom stereocenters. The molecule has 1 unspecified atom stereocenters. The number of nitrogens with zero attached hydrogens (tertiary/aromatic N) is 1. The molecule has 0 aliphatic carbocycles. The number of hydrogen-bond donors (Lipinski definition) is 0. The number of rotatable bonds is 5. The van der Waals surface area contributed by atoms with Crippen molar-refractivity contribution in [3.05, 3.63) is 38.9 Å². The predicted molar refractivity (Wildman–Crippen MR) is 70.9 cm³/mol. The van der Waals surface area contributed by atoms with Gasteiger partial charge < -0.3 is 0 Å². The number of alkyl halides is 1. The van der Waals surface area contributed by atoms with Crippen molar-refractivity contribution in [3.8, 4) is 0 Å². The van der Waals surface area contributed by atoms with Crippen LogP contribution in [0.4, 0.5) is 5.69 Å². The molecule has 0 heterocycles. The van der Waals surface area contributed by atoms with Gasteiger partial charge in [0, 0.05) is 17.0 Å². The van der Waals surface area contributed by atoms with Gasteiger partial charge in [0.15, 0.2) is 0 Å². The molecule has 0 aromatic heterocycles. The minimum absolute atomic E-state index is 0.00544. The Labute approximate surface area is 111 Å². The van der Waals surface area contributed by atoms with Crippen molar-refractivity contribution in [2.45, 2.75) is 32.1 Å². The highest BCUT2D eigenvalue weighted by Crippen LogP contribution is 2.29. The van der Waals surface area contributed by atoms with E-state index >= 15 is 0 Å². The Hall–Kier alpha value is -0.800. The quantitative estimate of drug-likeness (QED) is 0.453. The van der Waals surface area contributed by atoms with Crippen LogP contribution in [0.1, 0.15) is 25.8 Å². The lowest BCUT2D eigenvalue weighted by atomic mass is 10.0. The van der Waals surface area contributed by atoms with E-state index in [4.69, 9.17) is 23.2 Å². The molecule has 0 bridgehead atoms. The van der Waals surface area contributed by atoms with Gasteiger partial charge in [0.05, 0.1) is 9.95 Å². The van der Waals surface area contributed by atoms with Crippen LogP contribution in [-0.2, 0) is 6.42 Å². The number of halogens is 2. The van der Waals surface area contributed by atoms with E-state index in [1.807, 2.05) is 13.8 Å². The maximum absolute atomic E-state index is 10.9. The van der Waals surface area contributed by atoms with Gasteiger partial charge in [-0.15, -0.1) is 11.6 Å². The fraction of sp³-hybridized carbons (Fsp3) is 0.500. The van der Waals surface area contributed by atoms with E-state index in [9.17, 15) is 10.1 Å². The third-order valence-electron chi connectivity index (χ3n) is 2.68. The Balaban J connectivity index is 2.86. The maximum Gasteiger partial charge on any atom is 0.274 e. The molecule has 0 saturated carbocycles. The average Bonchev–Trinajstić information content (AvgIpc) is 2.26. The summed E-state index contributed by atoms with van der Waals surface area (Å²) in [5, 5.41) is 11.3. The summed E-state index contributed by atoms with van der Waals surface area (Å²) in [6.45, 7) is 4.05. The van der Waals surface area contributed by atoms with Gasteiger partial charge >= 0.3 is 0 Å². The molecule has 17 heavy (non-hydrogen) atoms. The zero-order valence-electron chi connectivity index (χ0n) is 9.82. The van der Waals surface area contributed by atoms with Crippen LogP contribution in [0.5, 0.6) is 0 Å². The molecule has 0 aliphatic rings. The van der Waals surface area contributed by atoms with E-state index in [0.717, 1.165) is 0 Å². The lowest BCUT2D eigenvalue weighted by Gasteiger charge is -2.13. The number of nitro groups is 1. The monoisotopic (exact) mass is 275 g/mol. The topological polar surface area (TPSA) is 43.1 Å². The van der Waals surface area contributed by atoms with Gasteiger partial charge in [0.1, 0.15) is 0 Å². The van der Waals surface area contributed by atoms with Crippen LogP contribution >= 0.6 is 23.2 Å². The minimum atomic E-state index is -0.403. The molecule has 5 heteroatoms. The summed E-state index contributed by atoms with van der Waals surface area (Å²) in [6, 6.07) is 4.73. The van der Waals surface area contributed by atoms with Crippen molar-refractivity contribution in [3.63, 3.8) is 0 Å². The number of nitro benzene ring substituents is 1. The first-order valence-electron chi connectivity index (χ1n) is 5.49. The third kappa shape index (κ3) is 3.86. The summed E-state index contributed by atoms with van der Waals surface area (Å²) in [5.41, 5.74) is 0.649. The summed E-state index contributed by atoms with van der Waals surface area (Å²) in [7, 11) is 0. The smallest absolute Gasteiger partial charge is 0.258 e. The molecule has 0 aliphatic heterocycles. The predicted octanol–water partition coefficient (Wildman–Crippen LogP) is 4.44. The molecule has 0 saturated heterocycles. The lowest BCUT2D eigenvalue weighted by Crippen LogP contribution is -2.09. The highest BCUT2D eigenvalue weighted by atomic mass is 35.5. The van der Waals surface area contributed by atoms with Gasteiger partial charge in [-0.2, -0.15) is 0 Å². The number of hydrogen-bond acceptors (Lipinski definition) is 2. The van der Waals surface area contributed by atoms with Crippen LogP contribution < -0.4 is 0 Å². The van der Waals surface area contributed by atoms with Gasteiger partial charge in [-0.25, -0.2) is 0 Å². The highest BCUT2D eigenvalue weighted by molar-refractivity contribution is 6.31. The number of benzene rings is 1. The van der Waals surface area contributed by atoms with Gasteiger partial charge in [-0.3, -0.25) is 10.1 Å². The van der Waals surface area contributed by atoms with Gasteiger partial charge in [0.25, 0.3) is 5.69 Å². The van der Waals surface area contributed by atoms with E-state index in [0.29, 0.717) is 29.3 Å². The van der Waals surface area contributed by atoms with Crippen LogP contribution in [0, 0.1) is 16.0 Å². The molecule has 0 fully saturated rings. The summed E-state index contributed by atoms with van der Waals surface area (Å²) < 4.78 is 0. The fourth-order valence-electron chi connectivity index (χ4n) is 1.58. The second kappa shape index (κ2) is 6.22. The SMILES string of the molecule is CC(C)C(Cl)CCc1c(Cl)cccc1[N+](=O)[O-]. The Kier molecular flexibility index (Phi) is 5.22. The van der Waals surface area contributed by atoms with Crippen molar-refractivity contribution in [1.29, 1.82) is 0 Å². The standard InChI is InChI=1S/C12H15Cl2NO2/c1-8(2)10(13)7-6-9-11(14)4-3-5-12(9)15(16)17/h3-5,8,10H,6-7H2,1-2H3. The first-order valence-corrected chi connectivity index (χ1v) is 6.30. The zero-order chi connectivity index (χ0) is 13.0. The molecule has 0 amide bonds. The molecule has 0 radical (unpaired) electrons. The molecule has 0 spiro atoms. The van der Waals surface area contributed by atoms with E-state index in [1.54, 1.807) is 12.1 Å². The molecule has 3 nitrogen and oxygen atoms in total. The summed E-state index contributed by atoms with van der Waals surface area (Å²) in [5.74, 6) is 0.346. The molecule has 0 N–H and O–H groups in total. The van der Waals surface area contributed by atoms with Crippen LogP contribution in [0.25, 0.3) is 0 Å². The molecular formula is C12H15Cl2NO2. The second-order valence-corrected chi connectivity index (χ2v) is 5.26. The summed E-state index contributed by atoms with van der Waals surface area (Å²) in [4.78, 5) is 10.5. The van der Waals surface area contributed by atoms with Gasteiger partial charge in [0.2, 0.25) is 0 Å². The third-order valence-corrected chi connectivity index (χ3v) is 3.76. The molecule has 94 valence electrons. The Morgan fingerprint density at radius 1 is 1.41 bits per heavy atom. The normalized spacial score (nSPS) is 12.8. The van der Waals surface area contributed by atoms with Crippen LogP contribution in [0.3, 0.4) is 0 Å². The summed E-state index contributed by atoms with van der Waals surface area (Å²) in [6.07, 6.45) is 1.21. The van der Waals surface area contributed by atoms with Gasteiger partial charge in [-0.1, -0.05) is 31.5 Å². The second-order valence-electron chi connectivity index (χ2n) is 4.29. The van der Waals surface area contributed by atoms with Crippen molar-refractivity contribution in [2.24, 2.45) is 5.92 Å². The molecule has 1 aromatic rings. The van der Waals surface area contributed by atoms with Crippen molar-refractivity contribution in [1.82, 2.24) is 0 Å². The minimum Gasteiger partial charge on any atom is -0.258 e. The first kappa shape index (κ1) is 14.3.